The number of hydrogen-bond donors (Lipinski definition) is 0. The molecule has 0 aliphatic heterocycles. The molecule has 0 saturated heterocycles. The van der Waals surface area contributed by atoms with Gasteiger partial charge in [0.2, 0.25) is 0 Å². The summed E-state index contributed by atoms with van der Waals surface area (Å²) in [6.07, 6.45) is 0.854. The molecule has 1 nitrogen and oxygen atoms in total. The predicted molar refractivity (Wildman–Crippen MR) is 73.5 cm³/mol. The van der Waals surface area contributed by atoms with Gasteiger partial charge in [-0.25, -0.2) is 9.37 Å². The Labute approximate surface area is 113 Å². The van der Waals surface area contributed by atoms with Crippen molar-refractivity contribution in [3.8, 4) is 0 Å². The minimum atomic E-state index is -0.177. The maximum absolute atomic E-state index is 13.2. The van der Waals surface area contributed by atoms with Crippen LogP contribution in [0.15, 0.2) is 29.6 Å². The van der Waals surface area contributed by atoms with E-state index in [1.165, 1.54) is 6.07 Å². The molecule has 90 valence electrons. The standard InChI is InChI=1S/C13H13BrFNS/c1-9-8-17-13(16-9)6-11(7-14)10-3-2-4-12(15)5-10/h2-5,8,11H,6-7H2,1H3. The molecule has 1 aromatic heterocycles. The minimum Gasteiger partial charge on any atom is -0.247 e. The van der Waals surface area contributed by atoms with Crippen molar-refractivity contribution >= 4 is 27.3 Å². The summed E-state index contributed by atoms with van der Waals surface area (Å²) in [5, 5.41) is 3.97. The fourth-order valence-electron chi connectivity index (χ4n) is 1.73. The highest BCUT2D eigenvalue weighted by Gasteiger charge is 2.13. The molecule has 4 heteroatoms. The van der Waals surface area contributed by atoms with Crippen molar-refractivity contribution in [2.24, 2.45) is 0 Å². The number of alkyl halides is 1. The van der Waals surface area contributed by atoms with Crippen LogP contribution in [0, 0.1) is 12.7 Å². The first-order valence-corrected chi connectivity index (χ1v) is 7.41. The maximum atomic E-state index is 13.2. The number of nitrogens with zero attached hydrogens (tertiary/aromatic N) is 1. The highest BCUT2D eigenvalue weighted by molar-refractivity contribution is 9.09. The minimum absolute atomic E-state index is 0.177. The highest BCUT2D eigenvalue weighted by atomic mass is 79.9. The van der Waals surface area contributed by atoms with Crippen molar-refractivity contribution in [2.75, 3.05) is 5.33 Å². The van der Waals surface area contributed by atoms with E-state index < -0.39 is 0 Å². The van der Waals surface area contributed by atoms with E-state index in [4.69, 9.17) is 0 Å². The molecular formula is C13H13BrFNS. The molecule has 0 saturated carbocycles. The zero-order chi connectivity index (χ0) is 12.3. The third-order valence-corrected chi connectivity index (χ3v) is 4.36. The number of thiazole rings is 1. The molecule has 17 heavy (non-hydrogen) atoms. The molecule has 0 bridgehead atoms. The monoisotopic (exact) mass is 313 g/mol. The number of halogens is 2. The molecule has 1 unspecified atom stereocenters. The molecule has 0 spiro atoms. The van der Waals surface area contributed by atoms with E-state index in [0.29, 0.717) is 0 Å². The van der Waals surface area contributed by atoms with Gasteiger partial charge in [0.05, 0.1) is 5.01 Å². The summed E-state index contributed by atoms with van der Waals surface area (Å²) in [5.74, 6) is 0.0972. The van der Waals surface area contributed by atoms with Crippen molar-refractivity contribution < 1.29 is 4.39 Å². The summed E-state index contributed by atoms with van der Waals surface area (Å²) >= 11 is 5.16. The van der Waals surface area contributed by atoms with Crippen LogP contribution in [0.5, 0.6) is 0 Å². The lowest BCUT2D eigenvalue weighted by atomic mass is 9.98. The Morgan fingerprint density at radius 3 is 2.88 bits per heavy atom. The Kier molecular flexibility index (Phi) is 4.29. The molecule has 0 N–H and O–H groups in total. The van der Waals surface area contributed by atoms with Gasteiger partial charge in [0.1, 0.15) is 5.82 Å². The van der Waals surface area contributed by atoms with Gasteiger partial charge in [0.15, 0.2) is 0 Å². The van der Waals surface area contributed by atoms with Crippen LogP contribution in [-0.4, -0.2) is 10.3 Å². The maximum Gasteiger partial charge on any atom is 0.123 e. The van der Waals surface area contributed by atoms with Crippen LogP contribution in [0.1, 0.15) is 22.2 Å². The van der Waals surface area contributed by atoms with Crippen LogP contribution in [0.3, 0.4) is 0 Å². The average Bonchev–Trinajstić information content (AvgIpc) is 2.72. The Morgan fingerprint density at radius 2 is 2.29 bits per heavy atom. The topological polar surface area (TPSA) is 12.9 Å². The first-order valence-electron chi connectivity index (χ1n) is 5.41. The molecule has 2 aromatic rings. The van der Waals surface area contributed by atoms with Gasteiger partial charge in [-0.3, -0.25) is 0 Å². The van der Waals surface area contributed by atoms with E-state index in [2.05, 4.69) is 20.9 Å². The Hall–Kier alpha value is -0.740. The largest absolute Gasteiger partial charge is 0.247 e. The van der Waals surface area contributed by atoms with Crippen molar-refractivity contribution in [3.05, 3.63) is 51.7 Å². The van der Waals surface area contributed by atoms with Crippen LogP contribution >= 0.6 is 27.3 Å². The van der Waals surface area contributed by atoms with E-state index in [-0.39, 0.29) is 11.7 Å². The lowest BCUT2D eigenvalue weighted by Crippen LogP contribution is -2.04. The first-order chi connectivity index (χ1) is 8.19. The van der Waals surface area contributed by atoms with Crippen LogP contribution < -0.4 is 0 Å². The Balaban J connectivity index is 2.16. The zero-order valence-electron chi connectivity index (χ0n) is 9.49. The van der Waals surface area contributed by atoms with Gasteiger partial charge in [-0.1, -0.05) is 28.1 Å². The quantitative estimate of drug-likeness (QED) is 0.766. The normalized spacial score (nSPS) is 12.6. The molecule has 1 heterocycles. The third-order valence-electron chi connectivity index (χ3n) is 2.59. The fraction of sp³-hybridized carbons (Fsp3) is 0.308. The van der Waals surface area contributed by atoms with Gasteiger partial charge < -0.3 is 0 Å². The highest BCUT2D eigenvalue weighted by Crippen LogP contribution is 2.25. The molecule has 1 atom stereocenters. The molecular weight excluding hydrogens is 301 g/mol. The summed E-state index contributed by atoms with van der Waals surface area (Å²) < 4.78 is 13.2. The number of hydrogen-bond acceptors (Lipinski definition) is 2. The van der Waals surface area contributed by atoms with Crippen LogP contribution in [0.2, 0.25) is 0 Å². The molecule has 1 aromatic carbocycles. The molecule has 0 amide bonds. The molecule has 0 aliphatic rings. The van der Waals surface area contributed by atoms with Gasteiger partial charge in [0, 0.05) is 22.8 Å². The van der Waals surface area contributed by atoms with Crippen LogP contribution in [0.25, 0.3) is 0 Å². The van der Waals surface area contributed by atoms with Crippen LogP contribution in [0.4, 0.5) is 4.39 Å². The second-order valence-electron chi connectivity index (χ2n) is 3.99. The number of aromatic nitrogens is 1. The summed E-state index contributed by atoms with van der Waals surface area (Å²) in [6, 6.07) is 6.80. The summed E-state index contributed by atoms with van der Waals surface area (Å²) in [7, 11) is 0. The van der Waals surface area contributed by atoms with E-state index in [9.17, 15) is 4.39 Å². The Morgan fingerprint density at radius 1 is 1.47 bits per heavy atom. The van der Waals surface area contributed by atoms with Crippen molar-refractivity contribution in [2.45, 2.75) is 19.3 Å². The lowest BCUT2D eigenvalue weighted by molar-refractivity contribution is 0.621. The predicted octanol–water partition coefficient (Wildman–Crippen LogP) is 4.31. The summed E-state index contributed by atoms with van der Waals surface area (Å²) in [5.41, 5.74) is 2.08. The second kappa shape index (κ2) is 5.74. The van der Waals surface area contributed by atoms with E-state index in [1.807, 2.05) is 18.4 Å². The van der Waals surface area contributed by atoms with Crippen molar-refractivity contribution in [3.63, 3.8) is 0 Å². The smallest absolute Gasteiger partial charge is 0.123 e. The zero-order valence-corrected chi connectivity index (χ0v) is 11.9. The number of rotatable bonds is 4. The van der Waals surface area contributed by atoms with Gasteiger partial charge in [-0.15, -0.1) is 11.3 Å². The van der Waals surface area contributed by atoms with Crippen molar-refractivity contribution in [1.29, 1.82) is 0 Å². The SMILES string of the molecule is Cc1csc(CC(CBr)c2cccc(F)c2)n1. The van der Waals surface area contributed by atoms with Gasteiger partial charge in [0.25, 0.3) is 0 Å². The van der Waals surface area contributed by atoms with Gasteiger partial charge in [-0.05, 0) is 30.5 Å². The van der Waals surface area contributed by atoms with E-state index >= 15 is 0 Å². The fourth-order valence-corrected chi connectivity index (χ4v) is 3.19. The first kappa shape index (κ1) is 12.7. The summed E-state index contributed by atoms with van der Waals surface area (Å²) in [4.78, 5) is 4.45. The van der Waals surface area contributed by atoms with Gasteiger partial charge >= 0.3 is 0 Å². The summed E-state index contributed by atoms with van der Waals surface area (Å²) in [6.45, 7) is 1.99. The lowest BCUT2D eigenvalue weighted by Gasteiger charge is -2.12. The molecule has 0 radical (unpaired) electrons. The number of benzene rings is 1. The second-order valence-corrected chi connectivity index (χ2v) is 5.58. The average molecular weight is 314 g/mol. The number of aryl methyl sites for hydroxylation is 1. The van der Waals surface area contributed by atoms with Crippen molar-refractivity contribution in [1.82, 2.24) is 4.98 Å². The Bertz CT molecular complexity index is 498. The molecule has 0 fully saturated rings. The van der Waals surface area contributed by atoms with E-state index in [0.717, 1.165) is 28.0 Å². The van der Waals surface area contributed by atoms with E-state index in [1.54, 1.807) is 23.5 Å². The molecule has 0 aliphatic carbocycles. The third kappa shape index (κ3) is 3.36. The van der Waals surface area contributed by atoms with Gasteiger partial charge in [-0.2, -0.15) is 0 Å². The van der Waals surface area contributed by atoms with Crippen LogP contribution in [-0.2, 0) is 6.42 Å². The molecule has 2 rings (SSSR count).